The average molecular weight is 614 g/mol. The van der Waals surface area contributed by atoms with Gasteiger partial charge in [-0.05, 0) is 49.9 Å². The summed E-state index contributed by atoms with van der Waals surface area (Å²) in [4.78, 5) is 36.7. The van der Waals surface area contributed by atoms with Crippen LogP contribution in [0.25, 0.3) is 0 Å². The van der Waals surface area contributed by atoms with E-state index in [0.717, 1.165) is 0 Å². The first-order valence-corrected chi connectivity index (χ1v) is 13.2. The van der Waals surface area contributed by atoms with Crippen molar-refractivity contribution in [1.82, 2.24) is 0 Å². The SMILES string of the molecule is C[C@]12CC(O)[C@H]3[C@@H](CC(F)C4(O)CC(=O)C(Br)(Br)C[C@]34C)[C@@H]1CC[C@]2(O)C(=O)C(O)CC(=O)O. The first kappa shape index (κ1) is 26.6. The molecular formula is C23H31Br2FO8. The summed E-state index contributed by atoms with van der Waals surface area (Å²) in [5.74, 6) is -4.28. The third-order valence-corrected chi connectivity index (χ3v) is 11.3. The van der Waals surface area contributed by atoms with E-state index in [-0.39, 0.29) is 31.5 Å². The fraction of sp³-hybridized carbons (Fsp3) is 0.870. The third-order valence-electron chi connectivity index (χ3n) is 9.83. The number of fused-ring (bicyclic) bond motifs is 5. The number of ketones is 2. The zero-order valence-corrected chi connectivity index (χ0v) is 22.2. The molecule has 0 amide bonds. The van der Waals surface area contributed by atoms with E-state index in [1.54, 1.807) is 13.8 Å². The van der Waals surface area contributed by atoms with Gasteiger partial charge in [0.15, 0.2) is 11.6 Å². The van der Waals surface area contributed by atoms with E-state index in [4.69, 9.17) is 5.11 Å². The summed E-state index contributed by atoms with van der Waals surface area (Å²) in [6.07, 6.45) is -5.92. The lowest BCUT2D eigenvalue weighted by Crippen LogP contribution is -2.73. The van der Waals surface area contributed by atoms with Gasteiger partial charge in [0.05, 0.1) is 12.5 Å². The molecule has 10 atom stereocenters. The van der Waals surface area contributed by atoms with E-state index in [0.29, 0.717) is 6.42 Å². The summed E-state index contributed by atoms with van der Waals surface area (Å²) in [5, 5.41) is 53.6. The Morgan fingerprint density at radius 2 is 1.82 bits per heavy atom. The fourth-order valence-corrected chi connectivity index (χ4v) is 9.57. The normalized spacial score (nSPS) is 50.6. The highest BCUT2D eigenvalue weighted by molar-refractivity contribution is 9.25. The van der Waals surface area contributed by atoms with Gasteiger partial charge in [0.25, 0.3) is 0 Å². The van der Waals surface area contributed by atoms with Gasteiger partial charge in [-0.1, -0.05) is 45.7 Å². The van der Waals surface area contributed by atoms with Crippen molar-refractivity contribution in [3.63, 3.8) is 0 Å². The van der Waals surface area contributed by atoms with Gasteiger partial charge in [0.2, 0.25) is 0 Å². The number of carbonyl (C=O) groups is 3. The van der Waals surface area contributed by atoms with Crippen LogP contribution in [-0.2, 0) is 14.4 Å². The van der Waals surface area contributed by atoms with E-state index < -0.39 is 86.0 Å². The maximum atomic E-state index is 15.7. The number of Topliss-reactive ketones (excluding diaryl/α,β-unsaturated/α-hetero) is 2. The van der Waals surface area contributed by atoms with Gasteiger partial charge in [-0.25, -0.2) is 4.39 Å². The predicted octanol–water partition coefficient (Wildman–Crippen LogP) is 1.86. The van der Waals surface area contributed by atoms with Crippen LogP contribution in [0.15, 0.2) is 0 Å². The van der Waals surface area contributed by atoms with Crippen LogP contribution in [0.5, 0.6) is 0 Å². The Morgan fingerprint density at radius 1 is 1.21 bits per heavy atom. The minimum Gasteiger partial charge on any atom is -0.481 e. The zero-order chi connectivity index (χ0) is 25.6. The van der Waals surface area contributed by atoms with Gasteiger partial charge < -0.3 is 25.5 Å². The standard InChI is InChI=1S/C23H31Br2FO8/c1-19-7-13(28)17-10(11(19)3-4-21(19,33)18(32)12(27)6-16(30)31)5-14(26)22(34)8-15(29)23(24,25)9-20(17,22)2/h10-14,17,27-28,33-34H,3-9H2,1-2H3,(H,30,31)/t10-,11-,12?,13?,14?,17+,19-,20+,21-,22?/m0/s1. The van der Waals surface area contributed by atoms with Crippen LogP contribution < -0.4 is 0 Å². The number of halogens is 3. The quantitative estimate of drug-likeness (QED) is 0.301. The van der Waals surface area contributed by atoms with Crippen molar-refractivity contribution in [3.05, 3.63) is 0 Å². The lowest BCUT2D eigenvalue weighted by Gasteiger charge is -2.66. The summed E-state index contributed by atoms with van der Waals surface area (Å²) in [6.45, 7) is 3.32. The van der Waals surface area contributed by atoms with Gasteiger partial charge >= 0.3 is 5.97 Å². The summed E-state index contributed by atoms with van der Waals surface area (Å²) in [5.41, 5.74) is -6.45. The van der Waals surface area contributed by atoms with Gasteiger partial charge in [0.1, 0.15) is 26.7 Å². The van der Waals surface area contributed by atoms with E-state index in [1.165, 1.54) is 0 Å². The van der Waals surface area contributed by atoms with Crippen LogP contribution in [0.4, 0.5) is 4.39 Å². The molecule has 4 fully saturated rings. The van der Waals surface area contributed by atoms with Crippen LogP contribution in [0.2, 0.25) is 0 Å². The Hall–Kier alpha value is -0.460. The Kier molecular flexibility index (Phi) is 6.27. The number of carbonyl (C=O) groups excluding carboxylic acids is 2. The predicted molar refractivity (Wildman–Crippen MR) is 124 cm³/mol. The lowest BCUT2D eigenvalue weighted by molar-refractivity contribution is -0.261. The Balaban J connectivity index is 1.74. The number of hydrogen-bond donors (Lipinski definition) is 5. The second-order valence-electron chi connectivity index (χ2n) is 11.4. The summed E-state index contributed by atoms with van der Waals surface area (Å²) < 4.78 is 14.6. The van der Waals surface area contributed by atoms with Gasteiger partial charge in [-0.2, -0.15) is 0 Å². The summed E-state index contributed by atoms with van der Waals surface area (Å²) >= 11 is 6.73. The number of aliphatic hydroxyl groups excluding tert-OH is 2. The van der Waals surface area contributed by atoms with Crippen LogP contribution in [-0.4, -0.2) is 75.9 Å². The molecule has 192 valence electrons. The molecule has 4 aliphatic carbocycles. The summed E-state index contributed by atoms with van der Waals surface area (Å²) in [7, 11) is 0. The molecule has 4 aliphatic rings. The van der Waals surface area contributed by atoms with E-state index in [1.807, 2.05) is 0 Å². The monoisotopic (exact) mass is 612 g/mol. The molecule has 8 nitrogen and oxygen atoms in total. The van der Waals surface area contributed by atoms with Crippen molar-refractivity contribution in [1.29, 1.82) is 0 Å². The molecular weight excluding hydrogens is 583 g/mol. The molecule has 0 aromatic carbocycles. The molecule has 4 saturated carbocycles. The first-order valence-electron chi connectivity index (χ1n) is 11.6. The first-order chi connectivity index (χ1) is 15.4. The van der Waals surface area contributed by atoms with Crippen LogP contribution in [0.1, 0.15) is 58.8 Å². The van der Waals surface area contributed by atoms with Gasteiger partial charge in [-0.3, -0.25) is 14.4 Å². The molecule has 0 spiro atoms. The molecule has 0 radical (unpaired) electrons. The molecule has 0 aliphatic heterocycles. The number of alkyl halides is 3. The highest BCUT2D eigenvalue weighted by Gasteiger charge is 2.75. The van der Waals surface area contributed by atoms with Crippen LogP contribution >= 0.6 is 31.9 Å². The largest absolute Gasteiger partial charge is 0.481 e. The van der Waals surface area contributed by atoms with Crippen LogP contribution in [0.3, 0.4) is 0 Å². The average Bonchev–Trinajstić information content (AvgIpc) is 2.95. The smallest absolute Gasteiger partial charge is 0.306 e. The van der Waals surface area contributed by atoms with Crippen molar-refractivity contribution < 1.29 is 44.3 Å². The second kappa shape index (κ2) is 8.02. The molecule has 0 heterocycles. The number of carboxylic acids is 1. The van der Waals surface area contributed by atoms with E-state index in [2.05, 4.69) is 31.9 Å². The topological polar surface area (TPSA) is 152 Å². The molecule has 0 saturated heterocycles. The fourth-order valence-electron chi connectivity index (χ4n) is 8.12. The maximum Gasteiger partial charge on any atom is 0.306 e. The number of aliphatic carboxylic acids is 1. The molecule has 34 heavy (non-hydrogen) atoms. The Bertz CT molecular complexity index is 931. The number of rotatable bonds is 4. The second-order valence-corrected chi connectivity index (χ2v) is 15.2. The van der Waals surface area contributed by atoms with E-state index in [9.17, 15) is 34.8 Å². The maximum absolute atomic E-state index is 15.7. The Labute approximate surface area is 213 Å². The number of carboxylic acid groups (broad SMARTS) is 1. The van der Waals surface area contributed by atoms with Crippen molar-refractivity contribution in [2.75, 3.05) is 0 Å². The van der Waals surface area contributed by atoms with Crippen LogP contribution in [0, 0.1) is 28.6 Å². The van der Waals surface area contributed by atoms with Crippen molar-refractivity contribution in [2.24, 2.45) is 28.6 Å². The van der Waals surface area contributed by atoms with Crippen molar-refractivity contribution in [2.45, 2.75) is 91.6 Å². The molecule has 11 heteroatoms. The van der Waals surface area contributed by atoms with E-state index >= 15 is 4.39 Å². The van der Waals surface area contributed by atoms with Gasteiger partial charge in [0, 0.05) is 17.3 Å². The minimum absolute atomic E-state index is 0.0396. The molecule has 4 rings (SSSR count). The number of hydrogen-bond acceptors (Lipinski definition) is 7. The minimum atomic E-state index is -2.07. The Morgan fingerprint density at radius 3 is 2.41 bits per heavy atom. The highest BCUT2D eigenvalue weighted by Crippen LogP contribution is 2.70. The number of aliphatic hydroxyl groups is 4. The zero-order valence-electron chi connectivity index (χ0n) is 19.0. The molecule has 5 N–H and O–H groups in total. The molecule has 0 bridgehead atoms. The molecule has 0 aromatic rings. The van der Waals surface area contributed by atoms with Crippen molar-refractivity contribution >= 4 is 49.4 Å². The van der Waals surface area contributed by atoms with Gasteiger partial charge in [-0.15, -0.1) is 0 Å². The third kappa shape index (κ3) is 3.36. The lowest BCUT2D eigenvalue weighted by atomic mass is 9.41. The molecule has 4 unspecified atom stereocenters. The van der Waals surface area contributed by atoms with Crippen molar-refractivity contribution in [3.8, 4) is 0 Å². The molecule has 0 aromatic heterocycles. The summed E-state index contributed by atoms with van der Waals surface area (Å²) in [6, 6.07) is 0. The highest BCUT2D eigenvalue weighted by atomic mass is 79.9.